The van der Waals surface area contributed by atoms with E-state index in [-0.39, 0.29) is 22.9 Å². The number of rotatable bonds is 5. The van der Waals surface area contributed by atoms with Crippen LogP contribution >= 0.6 is 0 Å². The van der Waals surface area contributed by atoms with Crippen molar-refractivity contribution in [2.24, 2.45) is 4.99 Å². The van der Waals surface area contributed by atoms with Crippen LogP contribution in [0.5, 0.6) is 5.75 Å². The van der Waals surface area contributed by atoms with E-state index in [2.05, 4.69) is 10.3 Å². The van der Waals surface area contributed by atoms with Gasteiger partial charge in [-0.15, -0.1) is 0 Å². The Kier molecular flexibility index (Phi) is 5.03. The molecule has 2 rings (SSSR count). The molecule has 0 bridgehead atoms. The van der Waals surface area contributed by atoms with E-state index in [1.54, 1.807) is 24.3 Å². The van der Waals surface area contributed by atoms with Crippen LogP contribution < -0.4 is 5.32 Å². The molecule has 0 heterocycles. The molecule has 2 aromatic carbocycles. The minimum absolute atomic E-state index is 0.112. The first-order chi connectivity index (χ1) is 11.0. The number of nitrogens with one attached hydrogen (secondary N) is 1. The van der Waals surface area contributed by atoms with Crippen molar-refractivity contribution >= 4 is 23.5 Å². The van der Waals surface area contributed by atoms with E-state index in [0.29, 0.717) is 17.8 Å². The molecule has 2 aromatic rings. The third-order valence-corrected chi connectivity index (χ3v) is 3.02. The van der Waals surface area contributed by atoms with E-state index < -0.39 is 4.92 Å². The molecule has 0 radical (unpaired) electrons. The van der Waals surface area contributed by atoms with E-state index in [0.717, 1.165) is 0 Å². The predicted molar refractivity (Wildman–Crippen MR) is 86.5 cm³/mol. The number of nitrogens with zero attached hydrogens (tertiary/aromatic N) is 2. The number of nitro benzene ring substituents is 1. The van der Waals surface area contributed by atoms with Crippen molar-refractivity contribution in [1.29, 1.82) is 0 Å². The molecule has 0 aromatic heterocycles. The van der Waals surface area contributed by atoms with Crippen LogP contribution in [-0.4, -0.2) is 28.7 Å². The van der Waals surface area contributed by atoms with Gasteiger partial charge in [-0.2, -0.15) is 0 Å². The first-order valence-corrected chi connectivity index (χ1v) is 6.91. The fraction of sp³-hybridized carbons (Fsp3) is 0.125. The van der Waals surface area contributed by atoms with Crippen molar-refractivity contribution in [1.82, 2.24) is 5.32 Å². The summed E-state index contributed by atoms with van der Waals surface area (Å²) in [7, 11) is 0. The Hall–Kier alpha value is -3.22. The van der Waals surface area contributed by atoms with Crippen LogP contribution in [0.3, 0.4) is 0 Å². The maximum absolute atomic E-state index is 11.8. The van der Waals surface area contributed by atoms with Gasteiger partial charge in [-0.25, -0.2) is 0 Å². The van der Waals surface area contributed by atoms with E-state index in [1.807, 2.05) is 6.92 Å². The van der Waals surface area contributed by atoms with E-state index in [1.165, 1.54) is 24.4 Å². The number of amides is 1. The normalized spacial score (nSPS) is 10.7. The molecule has 0 saturated carbocycles. The summed E-state index contributed by atoms with van der Waals surface area (Å²) in [5.41, 5.74) is 1.05. The number of benzene rings is 2. The highest BCUT2D eigenvalue weighted by Crippen LogP contribution is 2.22. The molecule has 2 N–H and O–H groups in total. The van der Waals surface area contributed by atoms with Crippen LogP contribution in [0.2, 0.25) is 0 Å². The number of aromatic hydroxyl groups is 1. The molecule has 0 saturated heterocycles. The van der Waals surface area contributed by atoms with Gasteiger partial charge in [-0.1, -0.05) is 6.07 Å². The molecular weight excluding hydrogens is 298 g/mol. The number of non-ortho nitro benzene ring substituents is 1. The van der Waals surface area contributed by atoms with Crippen LogP contribution in [0.25, 0.3) is 0 Å². The predicted octanol–water partition coefficient (Wildman–Crippen LogP) is 2.80. The zero-order valence-corrected chi connectivity index (χ0v) is 12.4. The molecule has 0 spiro atoms. The molecule has 7 nitrogen and oxygen atoms in total. The Labute approximate surface area is 132 Å². The third-order valence-electron chi connectivity index (χ3n) is 3.02. The summed E-state index contributed by atoms with van der Waals surface area (Å²) in [6, 6.07) is 10.3. The van der Waals surface area contributed by atoms with Gasteiger partial charge in [0.2, 0.25) is 0 Å². The summed E-state index contributed by atoms with van der Waals surface area (Å²) in [6.07, 6.45) is 1.32. The molecule has 0 aliphatic heterocycles. The highest BCUT2D eigenvalue weighted by atomic mass is 16.6. The van der Waals surface area contributed by atoms with Crippen LogP contribution in [0.4, 0.5) is 11.4 Å². The van der Waals surface area contributed by atoms with Crippen LogP contribution in [-0.2, 0) is 0 Å². The highest BCUT2D eigenvalue weighted by molar-refractivity contribution is 5.95. The number of carbonyl (C=O) groups is 1. The van der Waals surface area contributed by atoms with Crippen molar-refractivity contribution in [2.75, 3.05) is 6.54 Å². The zero-order valence-electron chi connectivity index (χ0n) is 12.4. The molecule has 0 atom stereocenters. The fourth-order valence-corrected chi connectivity index (χ4v) is 1.89. The van der Waals surface area contributed by atoms with Crippen LogP contribution in [0.1, 0.15) is 22.8 Å². The quantitative estimate of drug-likeness (QED) is 0.503. The maximum Gasteiger partial charge on any atom is 0.270 e. The summed E-state index contributed by atoms with van der Waals surface area (Å²) in [5.74, 6) is -0.318. The molecular formula is C16H15N3O4. The molecule has 7 heteroatoms. The van der Waals surface area contributed by atoms with E-state index in [4.69, 9.17) is 0 Å². The van der Waals surface area contributed by atoms with Crippen molar-refractivity contribution in [3.63, 3.8) is 0 Å². The molecule has 118 valence electrons. The van der Waals surface area contributed by atoms with Gasteiger partial charge in [-0.3, -0.25) is 19.9 Å². The monoisotopic (exact) mass is 313 g/mol. The first-order valence-electron chi connectivity index (χ1n) is 6.91. The number of carbonyl (C=O) groups excluding carboxylic acids is 1. The van der Waals surface area contributed by atoms with Gasteiger partial charge in [0.1, 0.15) is 5.75 Å². The average molecular weight is 313 g/mol. The van der Waals surface area contributed by atoms with Crippen LogP contribution in [0.15, 0.2) is 47.5 Å². The number of aliphatic imine (C=N–C) groups is 1. The summed E-state index contributed by atoms with van der Waals surface area (Å²) < 4.78 is 0. The number of nitro groups is 1. The molecule has 0 aliphatic carbocycles. The standard InChI is InChI=1S/C16H15N3O4/c1-2-17-16(21)11-4-3-5-13(8-11)18-10-12-9-14(19(22)23)6-7-15(12)20/h3-10,20H,2H2,1H3,(H,17,21). The largest absolute Gasteiger partial charge is 0.507 e. The molecule has 0 fully saturated rings. The van der Waals surface area contributed by atoms with Gasteiger partial charge < -0.3 is 10.4 Å². The lowest BCUT2D eigenvalue weighted by Crippen LogP contribution is -2.22. The minimum atomic E-state index is -0.549. The number of hydrogen-bond donors (Lipinski definition) is 2. The lowest BCUT2D eigenvalue weighted by atomic mass is 10.1. The Morgan fingerprint density at radius 1 is 1.35 bits per heavy atom. The Bertz CT molecular complexity index is 772. The number of phenols is 1. The number of hydrogen-bond acceptors (Lipinski definition) is 5. The van der Waals surface area contributed by atoms with Gasteiger partial charge in [0.25, 0.3) is 11.6 Å². The van der Waals surface area contributed by atoms with Gasteiger partial charge >= 0.3 is 0 Å². The lowest BCUT2D eigenvalue weighted by Gasteiger charge is -2.03. The van der Waals surface area contributed by atoms with Gasteiger partial charge in [0.05, 0.1) is 10.6 Å². The fourth-order valence-electron chi connectivity index (χ4n) is 1.89. The topological polar surface area (TPSA) is 105 Å². The smallest absolute Gasteiger partial charge is 0.270 e. The lowest BCUT2D eigenvalue weighted by molar-refractivity contribution is -0.384. The van der Waals surface area contributed by atoms with Gasteiger partial charge in [-0.05, 0) is 31.2 Å². The van der Waals surface area contributed by atoms with Gasteiger partial charge in [0.15, 0.2) is 0 Å². The third kappa shape index (κ3) is 4.13. The van der Waals surface area contributed by atoms with E-state index >= 15 is 0 Å². The minimum Gasteiger partial charge on any atom is -0.507 e. The molecule has 1 amide bonds. The summed E-state index contributed by atoms with van der Waals surface area (Å²) in [5, 5.41) is 23.2. The molecule has 23 heavy (non-hydrogen) atoms. The Morgan fingerprint density at radius 3 is 2.83 bits per heavy atom. The average Bonchev–Trinajstić information content (AvgIpc) is 2.54. The maximum atomic E-state index is 11.8. The Balaban J connectivity index is 2.27. The van der Waals surface area contributed by atoms with Gasteiger partial charge in [0, 0.05) is 36.0 Å². The van der Waals surface area contributed by atoms with Crippen LogP contribution in [0, 0.1) is 10.1 Å². The molecule has 0 unspecified atom stereocenters. The van der Waals surface area contributed by atoms with Crippen molar-refractivity contribution in [2.45, 2.75) is 6.92 Å². The van der Waals surface area contributed by atoms with Crippen molar-refractivity contribution < 1.29 is 14.8 Å². The van der Waals surface area contributed by atoms with E-state index in [9.17, 15) is 20.0 Å². The second kappa shape index (κ2) is 7.17. The second-order valence-corrected chi connectivity index (χ2v) is 4.67. The zero-order chi connectivity index (χ0) is 16.8. The summed E-state index contributed by atoms with van der Waals surface area (Å²) in [6.45, 7) is 2.35. The summed E-state index contributed by atoms with van der Waals surface area (Å²) >= 11 is 0. The van der Waals surface area contributed by atoms with Crippen molar-refractivity contribution in [3.8, 4) is 5.75 Å². The second-order valence-electron chi connectivity index (χ2n) is 4.67. The first kappa shape index (κ1) is 16.2. The number of phenolic OH excluding ortho intramolecular Hbond substituents is 1. The van der Waals surface area contributed by atoms with Crippen molar-refractivity contribution in [3.05, 3.63) is 63.7 Å². The Morgan fingerprint density at radius 2 is 2.13 bits per heavy atom. The SMILES string of the molecule is CCNC(=O)c1cccc(N=Cc2cc([N+](=O)[O-])ccc2O)c1. The molecule has 0 aliphatic rings. The summed E-state index contributed by atoms with van der Waals surface area (Å²) in [4.78, 5) is 26.1. The highest BCUT2D eigenvalue weighted by Gasteiger charge is 2.09.